The van der Waals surface area contributed by atoms with Crippen molar-refractivity contribution < 1.29 is 0 Å². The second-order valence-corrected chi connectivity index (χ2v) is 5.48. The standard InChI is InChI=1S/C17H22N4/c1-3-14(4-2)21-11-8-13(19-21)12-20-10-9-15-16(18)6-5-7-17(15)20/h5-11,14H,3-4,12,18H2,1-2H3. The summed E-state index contributed by atoms with van der Waals surface area (Å²) in [7, 11) is 0. The lowest BCUT2D eigenvalue weighted by atomic mass is 10.2. The molecule has 0 spiro atoms. The van der Waals surface area contributed by atoms with E-state index >= 15 is 0 Å². The first-order valence-electron chi connectivity index (χ1n) is 7.60. The molecule has 0 saturated heterocycles. The predicted octanol–water partition coefficient (Wildman–Crippen LogP) is 3.83. The fraction of sp³-hybridized carbons (Fsp3) is 0.353. The molecule has 4 heteroatoms. The number of benzene rings is 1. The fourth-order valence-electron chi connectivity index (χ4n) is 2.89. The molecule has 3 rings (SSSR count). The highest BCUT2D eigenvalue weighted by Gasteiger charge is 2.09. The molecule has 1 aromatic carbocycles. The largest absolute Gasteiger partial charge is 0.398 e. The van der Waals surface area contributed by atoms with Gasteiger partial charge in [0.05, 0.1) is 23.8 Å². The summed E-state index contributed by atoms with van der Waals surface area (Å²) in [5, 5.41) is 5.83. The zero-order chi connectivity index (χ0) is 14.8. The molecule has 0 unspecified atom stereocenters. The number of hydrogen-bond acceptors (Lipinski definition) is 2. The van der Waals surface area contributed by atoms with E-state index in [0.717, 1.165) is 41.7 Å². The Morgan fingerprint density at radius 2 is 1.90 bits per heavy atom. The smallest absolute Gasteiger partial charge is 0.0821 e. The van der Waals surface area contributed by atoms with E-state index in [1.807, 2.05) is 12.1 Å². The van der Waals surface area contributed by atoms with Crippen LogP contribution < -0.4 is 5.73 Å². The second kappa shape index (κ2) is 5.64. The van der Waals surface area contributed by atoms with E-state index in [-0.39, 0.29) is 0 Å². The molecule has 0 saturated carbocycles. The van der Waals surface area contributed by atoms with Gasteiger partial charge in [-0.2, -0.15) is 5.10 Å². The molecule has 0 atom stereocenters. The lowest BCUT2D eigenvalue weighted by Crippen LogP contribution is -2.08. The number of nitrogens with two attached hydrogens (primary N) is 1. The first-order valence-corrected chi connectivity index (χ1v) is 7.60. The van der Waals surface area contributed by atoms with Crippen molar-refractivity contribution in [1.82, 2.24) is 14.3 Å². The van der Waals surface area contributed by atoms with Gasteiger partial charge in [0.15, 0.2) is 0 Å². The van der Waals surface area contributed by atoms with Gasteiger partial charge in [-0.25, -0.2) is 0 Å². The molecular weight excluding hydrogens is 260 g/mol. The highest BCUT2D eigenvalue weighted by molar-refractivity contribution is 5.91. The maximum Gasteiger partial charge on any atom is 0.0821 e. The van der Waals surface area contributed by atoms with Crippen molar-refractivity contribution in [3.05, 3.63) is 48.4 Å². The number of rotatable bonds is 5. The maximum absolute atomic E-state index is 6.01. The van der Waals surface area contributed by atoms with Crippen LogP contribution in [-0.4, -0.2) is 14.3 Å². The summed E-state index contributed by atoms with van der Waals surface area (Å²) in [6, 6.07) is 10.7. The van der Waals surface area contributed by atoms with E-state index < -0.39 is 0 Å². The highest BCUT2D eigenvalue weighted by Crippen LogP contribution is 2.23. The van der Waals surface area contributed by atoms with Crippen LogP contribution in [0, 0.1) is 0 Å². The summed E-state index contributed by atoms with van der Waals surface area (Å²) in [5.41, 5.74) is 9.08. The molecule has 0 aliphatic rings. The number of nitrogen functional groups attached to an aromatic ring is 1. The third kappa shape index (κ3) is 2.53. The third-order valence-electron chi connectivity index (χ3n) is 4.16. The maximum atomic E-state index is 6.01. The highest BCUT2D eigenvalue weighted by atomic mass is 15.3. The van der Waals surface area contributed by atoms with Crippen LogP contribution in [0.25, 0.3) is 10.9 Å². The summed E-state index contributed by atoms with van der Waals surface area (Å²) in [6.07, 6.45) is 6.39. The first kappa shape index (κ1) is 13.7. The van der Waals surface area contributed by atoms with Gasteiger partial charge in [-0.3, -0.25) is 4.68 Å². The number of anilines is 1. The van der Waals surface area contributed by atoms with E-state index in [1.54, 1.807) is 0 Å². The van der Waals surface area contributed by atoms with Gasteiger partial charge in [0.2, 0.25) is 0 Å². The van der Waals surface area contributed by atoms with Crippen LogP contribution in [-0.2, 0) is 6.54 Å². The molecule has 2 aromatic heterocycles. The minimum Gasteiger partial charge on any atom is -0.398 e. The Balaban J connectivity index is 1.87. The Labute approximate surface area is 125 Å². The first-order chi connectivity index (χ1) is 10.2. The molecule has 0 aliphatic carbocycles. The Kier molecular flexibility index (Phi) is 3.69. The zero-order valence-electron chi connectivity index (χ0n) is 12.7. The van der Waals surface area contributed by atoms with E-state index in [2.05, 4.69) is 53.7 Å². The van der Waals surface area contributed by atoms with Gasteiger partial charge in [0, 0.05) is 23.5 Å². The molecule has 21 heavy (non-hydrogen) atoms. The van der Waals surface area contributed by atoms with Gasteiger partial charge < -0.3 is 10.3 Å². The summed E-state index contributed by atoms with van der Waals surface area (Å²) in [6.45, 7) is 5.19. The van der Waals surface area contributed by atoms with Gasteiger partial charge in [-0.15, -0.1) is 0 Å². The molecule has 2 N–H and O–H groups in total. The van der Waals surface area contributed by atoms with Crippen LogP contribution in [0.15, 0.2) is 42.7 Å². The van der Waals surface area contributed by atoms with Gasteiger partial charge in [0.1, 0.15) is 0 Å². The molecule has 0 radical (unpaired) electrons. The molecule has 3 aromatic rings. The molecule has 0 aliphatic heterocycles. The lowest BCUT2D eigenvalue weighted by Gasteiger charge is -2.12. The quantitative estimate of drug-likeness (QED) is 0.723. The van der Waals surface area contributed by atoms with Crippen LogP contribution in [0.5, 0.6) is 0 Å². The van der Waals surface area contributed by atoms with Crippen molar-refractivity contribution in [3.8, 4) is 0 Å². The minimum absolute atomic E-state index is 0.496. The van der Waals surface area contributed by atoms with E-state index in [4.69, 9.17) is 10.8 Å². The Bertz CT molecular complexity index is 734. The van der Waals surface area contributed by atoms with Crippen molar-refractivity contribution in [3.63, 3.8) is 0 Å². The number of nitrogens with zero attached hydrogens (tertiary/aromatic N) is 3. The molecule has 0 amide bonds. The number of fused-ring (bicyclic) bond motifs is 1. The van der Waals surface area contributed by atoms with Crippen molar-refractivity contribution >= 4 is 16.6 Å². The van der Waals surface area contributed by atoms with Crippen LogP contribution in [0.1, 0.15) is 38.4 Å². The monoisotopic (exact) mass is 282 g/mol. The van der Waals surface area contributed by atoms with Gasteiger partial charge >= 0.3 is 0 Å². The van der Waals surface area contributed by atoms with Gasteiger partial charge in [-0.05, 0) is 37.1 Å². The SMILES string of the molecule is CCC(CC)n1ccc(Cn2ccc3c(N)cccc32)n1. The molecule has 0 fully saturated rings. The third-order valence-corrected chi connectivity index (χ3v) is 4.16. The Morgan fingerprint density at radius 1 is 1.10 bits per heavy atom. The molecular formula is C17H22N4. The zero-order valence-corrected chi connectivity index (χ0v) is 12.7. The molecule has 110 valence electrons. The van der Waals surface area contributed by atoms with Crippen LogP contribution >= 0.6 is 0 Å². The summed E-state index contributed by atoms with van der Waals surface area (Å²) in [4.78, 5) is 0. The second-order valence-electron chi connectivity index (χ2n) is 5.48. The van der Waals surface area contributed by atoms with E-state index in [9.17, 15) is 0 Å². The van der Waals surface area contributed by atoms with Crippen molar-refractivity contribution in [1.29, 1.82) is 0 Å². The Hall–Kier alpha value is -2.23. The van der Waals surface area contributed by atoms with Crippen LogP contribution in [0.3, 0.4) is 0 Å². The molecule has 2 heterocycles. The normalized spacial score (nSPS) is 11.6. The fourth-order valence-corrected chi connectivity index (χ4v) is 2.89. The lowest BCUT2D eigenvalue weighted by molar-refractivity contribution is 0.425. The van der Waals surface area contributed by atoms with Crippen molar-refractivity contribution in [2.75, 3.05) is 5.73 Å². The summed E-state index contributed by atoms with van der Waals surface area (Å²) >= 11 is 0. The number of hydrogen-bond donors (Lipinski definition) is 1. The molecule has 4 nitrogen and oxygen atoms in total. The minimum atomic E-state index is 0.496. The van der Waals surface area contributed by atoms with Gasteiger partial charge in [-0.1, -0.05) is 19.9 Å². The van der Waals surface area contributed by atoms with Crippen LogP contribution in [0.2, 0.25) is 0 Å². The Morgan fingerprint density at radius 3 is 2.67 bits per heavy atom. The van der Waals surface area contributed by atoms with E-state index in [1.165, 1.54) is 0 Å². The molecule has 0 bridgehead atoms. The van der Waals surface area contributed by atoms with Gasteiger partial charge in [0.25, 0.3) is 0 Å². The summed E-state index contributed by atoms with van der Waals surface area (Å²) in [5.74, 6) is 0. The van der Waals surface area contributed by atoms with Crippen LogP contribution in [0.4, 0.5) is 5.69 Å². The average molecular weight is 282 g/mol. The van der Waals surface area contributed by atoms with Crippen molar-refractivity contribution in [2.45, 2.75) is 39.3 Å². The van der Waals surface area contributed by atoms with E-state index in [0.29, 0.717) is 6.04 Å². The topological polar surface area (TPSA) is 48.8 Å². The average Bonchev–Trinajstić information content (AvgIpc) is 3.10. The summed E-state index contributed by atoms with van der Waals surface area (Å²) < 4.78 is 4.29. The van der Waals surface area contributed by atoms with Crippen molar-refractivity contribution in [2.24, 2.45) is 0 Å². The predicted molar refractivity (Wildman–Crippen MR) is 87.3 cm³/mol. The number of aromatic nitrogens is 3.